The van der Waals surface area contributed by atoms with Crippen LogP contribution in [0, 0.1) is 0 Å². The summed E-state index contributed by atoms with van der Waals surface area (Å²) in [5.41, 5.74) is 1.35. The molecule has 2 amide bonds. The van der Waals surface area contributed by atoms with Gasteiger partial charge in [-0.15, -0.1) is 0 Å². The maximum absolute atomic E-state index is 11.6. The standard InChI is InChI=1S/C17H19ClN2O3/c1-20(2)17(22)19-13-8-9-16(14(18)10-13)23-11-15(21)12-6-4-3-5-7-12/h3-10,15,21H,11H2,1-2H3,(H,19,22). The molecule has 0 aliphatic rings. The molecule has 0 aliphatic carbocycles. The van der Waals surface area contributed by atoms with Crippen LogP contribution in [0.1, 0.15) is 11.7 Å². The van der Waals surface area contributed by atoms with Crippen molar-refractivity contribution in [2.75, 3.05) is 26.0 Å². The Morgan fingerprint density at radius 1 is 1.26 bits per heavy atom. The van der Waals surface area contributed by atoms with Crippen molar-refractivity contribution in [2.45, 2.75) is 6.10 Å². The first-order valence-corrected chi connectivity index (χ1v) is 7.49. The van der Waals surface area contributed by atoms with E-state index >= 15 is 0 Å². The Bertz CT molecular complexity index is 662. The number of halogens is 1. The van der Waals surface area contributed by atoms with Crippen LogP contribution in [0.2, 0.25) is 5.02 Å². The molecule has 0 aliphatic heterocycles. The summed E-state index contributed by atoms with van der Waals surface area (Å²) in [5.74, 6) is 0.449. The molecule has 23 heavy (non-hydrogen) atoms. The van der Waals surface area contributed by atoms with Crippen LogP contribution in [-0.2, 0) is 0 Å². The predicted molar refractivity (Wildman–Crippen MR) is 91.1 cm³/mol. The minimum atomic E-state index is -0.736. The number of rotatable bonds is 5. The minimum Gasteiger partial charge on any atom is -0.489 e. The summed E-state index contributed by atoms with van der Waals surface area (Å²) in [5, 5.41) is 13.1. The maximum atomic E-state index is 11.6. The molecule has 5 nitrogen and oxygen atoms in total. The number of hydrogen-bond acceptors (Lipinski definition) is 3. The molecule has 0 fully saturated rings. The average molecular weight is 335 g/mol. The zero-order valence-electron chi connectivity index (χ0n) is 13.0. The molecule has 0 heterocycles. The molecule has 0 saturated carbocycles. The Labute approximate surface area is 140 Å². The third kappa shape index (κ3) is 4.87. The lowest BCUT2D eigenvalue weighted by Crippen LogP contribution is -2.27. The Hall–Kier alpha value is -2.24. The van der Waals surface area contributed by atoms with E-state index in [1.807, 2.05) is 30.3 Å². The summed E-state index contributed by atoms with van der Waals surface area (Å²) in [6.45, 7) is 0.0904. The molecule has 2 rings (SSSR count). The number of carbonyl (C=O) groups excluding carboxylic acids is 1. The van der Waals surface area contributed by atoms with Crippen LogP contribution < -0.4 is 10.1 Å². The zero-order valence-corrected chi connectivity index (χ0v) is 13.7. The van der Waals surface area contributed by atoms with Crippen LogP contribution in [0.25, 0.3) is 0 Å². The van der Waals surface area contributed by atoms with E-state index in [2.05, 4.69) is 5.32 Å². The number of hydrogen-bond donors (Lipinski definition) is 2. The van der Waals surface area contributed by atoms with Crippen molar-refractivity contribution in [3.05, 3.63) is 59.1 Å². The van der Waals surface area contributed by atoms with Gasteiger partial charge in [0.25, 0.3) is 0 Å². The van der Waals surface area contributed by atoms with Gasteiger partial charge in [0.1, 0.15) is 18.5 Å². The van der Waals surface area contributed by atoms with Crippen molar-refractivity contribution in [3.63, 3.8) is 0 Å². The molecule has 0 spiro atoms. The summed E-state index contributed by atoms with van der Waals surface area (Å²) >= 11 is 6.15. The number of aliphatic hydroxyl groups is 1. The normalized spacial score (nSPS) is 11.7. The molecule has 1 atom stereocenters. The predicted octanol–water partition coefficient (Wildman–Crippen LogP) is 3.55. The first-order chi connectivity index (χ1) is 11.0. The fraction of sp³-hybridized carbons (Fsp3) is 0.235. The number of ether oxygens (including phenoxy) is 1. The van der Waals surface area contributed by atoms with E-state index < -0.39 is 6.10 Å². The van der Waals surface area contributed by atoms with E-state index in [9.17, 15) is 9.90 Å². The highest BCUT2D eigenvalue weighted by Crippen LogP contribution is 2.28. The maximum Gasteiger partial charge on any atom is 0.321 e. The number of urea groups is 1. The van der Waals surface area contributed by atoms with E-state index in [-0.39, 0.29) is 12.6 Å². The molecule has 2 N–H and O–H groups in total. The lowest BCUT2D eigenvalue weighted by atomic mass is 10.1. The van der Waals surface area contributed by atoms with Gasteiger partial charge in [-0.2, -0.15) is 0 Å². The van der Waals surface area contributed by atoms with Crippen molar-refractivity contribution in [1.82, 2.24) is 4.90 Å². The third-order valence-corrected chi connectivity index (χ3v) is 3.47. The van der Waals surface area contributed by atoms with Gasteiger partial charge in [-0.25, -0.2) is 4.79 Å². The average Bonchev–Trinajstić information content (AvgIpc) is 2.54. The molecule has 2 aromatic carbocycles. The number of nitrogens with one attached hydrogen (secondary N) is 1. The molecule has 0 aromatic heterocycles. The van der Waals surface area contributed by atoms with Crippen LogP contribution in [-0.4, -0.2) is 36.7 Å². The number of carbonyl (C=O) groups is 1. The number of anilines is 1. The van der Waals surface area contributed by atoms with Gasteiger partial charge in [-0.1, -0.05) is 41.9 Å². The topological polar surface area (TPSA) is 61.8 Å². The van der Waals surface area contributed by atoms with Gasteiger partial charge in [0.15, 0.2) is 0 Å². The summed E-state index contributed by atoms with van der Waals surface area (Å²) < 4.78 is 5.56. The molecular weight excluding hydrogens is 316 g/mol. The summed E-state index contributed by atoms with van der Waals surface area (Å²) in [4.78, 5) is 13.0. The first-order valence-electron chi connectivity index (χ1n) is 7.11. The van der Waals surface area contributed by atoms with E-state index in [0.29, 0.717) is 16.5 Å². The second kappa shape index (κ2) is 7.85. The van der Waals surface area contributed by atoms with Crippen LogP contribution >= 0.6 is 11.6 Å². The molecule has 0 radical (unpaired) electrons. The molecule has 0 saturated heterocycles. The van der Waals surface area contributed by atoms with Crippen LogP contribution in [0.3, 0.4) is 0 Å². The number of aliphatic hydroxyl groups excluding tert-OH is 1. The van der Waals surface area contributed by atoms with E-state index in [1.54, 1.807) is 32.3 Å². The van der Waals surface area contributed by atoms with Gasteiger partial charge < -0.3 is 20.1 Å². The number of amides is 2. The third-order valence-electron chi connectivity index (χ3n) is 3.17. The Balaban J connectivity index is 1.97. The zero-order chi connectivity index (χ0) is 16.8. The van der Waals surface area contributed by atoms with Gasteiger partial charge in [-0.05, 0) is 23.8 Å². The van der Waals surface area contributed by atoms with Gasteiger partial charge in [0, 0.05) is 19.8 Å². The first kappa shape index (κ1) is 17.1. The minimum absolute atomic E-state index is 0.0904. The molecule has 0 bridgehead atoms. The molecule has 122 valence electrons. The van der Waals surface area contributed by atoms with Crippen molar-refractivity contribution >= 4 is 23.3 Å². The van der Waals surface area contributed by atoms with Gasteiger partial charge in [0.05, 0.1) is 5.02 Å². The molecule has 1 unspecified atom stereocenters. The highest BCUT2D eigenvalue weighted by molar-refractivity contribution is 6.32. The number of nitrogens with zero attached hydrogens (tertiary/aromatic N) is 1. The molecule has 6 heteroatoms. The van der Waals surface area contributed by atoms with Gasteiger partial charge >= 0.3 is 6.03 Å². The van der Waals surface area contributed by atoms with Gasteiger partial charge in [0.2, 0.25) is 0 Å². The summed E-state index contributed by atoms with van der Waals surface area (Å²) in [6, 6.07) is 14.0. The SMILES string of the molecule is CN(C)C(=O)Nc1ccc(OCC(O)c2ccccc2)c(Cl)c1. The van der Waals surface area contributed by atoms with Crippen molar-refractivity contribution in [3.8, 4) is 5.75 Å². The fourth-order valence-corrected chi connectivity index (χ4v) is 2.11. The van der Waals surface area contributed by atoms with Crippen LogP contribution in [0.15, 0.2) is 48.5 Å². The van der Waals surface area contributed by atoms with E-state index in [4.69, 9.17) is 16.3 Å². The highest BCUT2D eigenvalue weighted by Gasteiger charge is 2.11. The molecular formula is C17H19ClN2O3. The fourth-order valence-electron chi connectivity index (χ4n) is 1.87. The monoisotopic (exact) mass is 334 g/mol. The second-order valence-corrected chi connectivity index (χ2v) is 5.61. The van der Waals surface area contributed by atoms with Crippen LogP contribution in [0.5, 0.6) is 5.75 Å². The van der Waals surface area contributed by atoms with Crippen molar-refractivity contribution in [1.29, 1.82) is 0 Å². The van der Waals surface area contributed by atoms with E-state index in [1.165, 1.54) is 4.90 Å². The largest absolute Gasteiger partial charge is 0.489 e. The summed E-state index contributed by atoms with van der Waals surface area (Å²) in [7, 11) is 3.30. The Morgan fingerprint density at radius 3 is 2.57 bits per heavy atom. The smallest absolute Gasteiger partial charge is 0.321 e. The lowest BCUT2D eigenvalue weighted by molar-refractivity contribution is 0.108. The van der Waals surface area contributed by atoms with Crippen molar-refractivity contribution in [2.24, 2.45) is 0 Å². The van der Waals surface area contributed by atoms with Crippen molar-refractivity contribution < 1.29 is 14.6 Å². The lowest BCUT2D eigenvalue weighted by Gasteiger charge is -2.15. The number of benzene rings is 2. The van der Waals surface area contributed by atoms with Gasteiger partial charge in [-0.3, -0.25) is 0 Å². The van der Waals surface area contributed by atoms with E-state index in [0.717, 1.165) is 5.56 Å². The van der Waals surface area contributed by atoms with Crippen LogP contribution in [0.4, 0.5) is 10.5 Å². The highest BCUT2D eigenvalue weighted by atomic mass is 35.5. The second-order valence-electron chi connectivity index (χ2n) is 5.21. The summed E-state index contributed by atoms with van der Waals surface area (Å²) in [6.07, 6.45) is -0.736. The molecule has 2 aromatic rings. The Morgan fingerprint density at radius 2 is 1.96 bits per heavy atom. The quantitative estimate of drug-likeness (QED) is 0.879. The Kier molecular flexibility index (Phi) is 5.84.